The highest BCUT2D eigenvalue weighted by molar-refractivity contribution is 6.17. The minimum atomic E-state index is -0.383. The molecule has 0 aliphatic carbocycles. The van der Waals surface area contributed by atoms with Crippen molar-refractivity contribution in [1.82, 2.24) is 9.97 Å². The molecule has 5 N–H and O–H groups in total. The number of fused-ring (bicyclic) bond motifs is 3. The van der Waals surface area contributed by atoms with Crippen LogP contribution < -0.4 is 19.8 Å². The van der Waals surface area contributed by atoms with Gasteiger partial charge in [-0.3, -0.25) is 4.79 Å². The Kier molecular flexibility index (Phi) is 5.17. The number of pyridine rings is 1. The Morgan fingerprint density at radius 1 is 0.686 bits per heavy atom. The lowest BCUT2D eigenvalue weighted by molar-refractivity contribution is 0.373. The van der Waals surface area contributed by atoms with Crippen LogP contribution in [-0.4, -0.2) is 46.6 Å². The largest absolute Gasteiger partial charge is 0.504 e. The molecule has 178 valence electrons. The third kappa shape index (κ3) is 3.45. The number of methoxy groups -OCH3 is 3. The molecule has 0 saturated carbocycles. The number of nitrogens with one attached hydrogen (secondary N) is 2. The van der Waals surface area contributed by atoms with Crippen molar-refractivity contribution in [2.75, 3.05) is 21.3 Å². The van der Waals surface area contributed by atoms with Crippen molar-refractivity contribution < 1.29 is 29.5 Å². The third-order valence-electron chi connectivity index (χ3n) is 6.00. The SMILES string of the molecule is COc1cc(-c2[nH]c(=O)c3[nH]c4cc(OC)c(O)cc4c3c2-c2ccc(O)c(OC)c2)ccc1O. The van der Waals surface area contributed by atoms with E-state index in [9.17, 15) is 20.1 Å². The van der Waals surface area contributed by atoms with E-state index in [2.05, 4.69) is 9.97 Å². The average Bonchev–Trinajstić information content (AvgIpc) is 3.23. The summed E-state index contributed by atoms with van der Waals surface area (Å²) in [5.74, 6) is 0.585. The number of phenolic OH excluding ortho intramolecular Hbond substituents is 3. The van der Waals surface area contributed by atoms with Gasteiger partial charge >= 0.3 is 0 Å². The van der Waals surface area contributed by atoms with Crippen molar-refractivity contribution in [2.45, 2.75) is 0 Å². The summed E-state index contributed by atoms with van der Waals surface area (Å²) < 4.78 is 15.8. The standard InChI is InChI=1S/C26H22N2O7/c1-33-19-8-12(4-6-16(19)29)22-23-14-10-18(31)21(35-3)11-15(14)27-25(23)26(32)28-24(22)13-5-7-17(30)20(9-13)34-2/h4-11,27,29-31H,1-3H3,(H,28,32). The van der Waals surface area contributed by atoms with Crippen LogP contribution in [0, 0.1) is 0 Å². The molecule has 0 spiro atoms. The lowest BCUT2D eigenvalue weighted by atomic mass is 9.94. The van der Waals surface area contributed by atoms with Crippen LogP contribution in [0.3, 0.4) is 0 Å². The Hall–Kier alpha value is -4.79. The molecule has 0 saturated heterocycles. The molecule has 3 aromatic carbocycles. The number of hydrogen-bond donors (Lipinski definition) is 5. The molecule has 0 bridgehead atoms. The molecule has 9 nitrogen and oxygen atoms in total. The lowest BCUT2D eigenvalue weighted by Crippen LogP contribution is -2.09. The second-order valence-corrected chi connectivity index (χ2v) is 7.92. The van der Waals surface area contributed by atoms with Gasteiger partial charge in [-0.1, -0.05) is 6.07 Å². The highest BCUT2D eigenvalue weighted by Gasteiger charge is 2.22. The van der Waals surface area contributed by atoms with Crippen LogP contribution in [0.25, 0.3) is 44.2 Å². The van der Waals surface area contributed by atoms with Crippen molar-refractivity contribution in [3.8, 4) is 56.9 Å². The van der Waals surface area contributed by atoms with Crippen LogP contribution in [0.4, 0.5) is 0 Å². The van der Waals surface area contributed by atoms with E-state index < -0.39 is 0 Å². The van der Waals surface area contributed by atoms with Crippen LogP contribution in [0.1, 0.15) is 0 Å². The predicted octanol–water partition coefficient (Wildman–Crippen LogP) is 4.49. The van der Waals surface area contributed by atoms with Gasteiger partial charge in [0, 0.05) is 28.0 Å². The highest BCUT2D eigenvalue weighted by atomic mass is 16.5. The molecule has 0 fully saturated rings. The van der Waals surface area contributed by atoms with Gasteiger partial charge in [0.2, 0.25) is 0 Å². The molecule has 0 aliphatic heterocycles. The maximum atomic E-state index is 13.2. The van der Waals surface area contributed by atoms with Gasteiger partial charge in [-0.2, -0.15) is 0 Å². The molecule has 0 unspecified atom stereocenters. The Morgan fingerprint density at radius 3 is 1.89 bits per heavy atom. The van der Waals surface area contributed by atoms with Gasteiger partial charge in [-0.25, -0.2) is 0 Å². The number of benzene rings is 3. The summed E-state index contributed by atoms with van der Waals surface area (Å²) >= 11 is 0. The summed E-state index contributed by atoms with van der Waals surface area (Å²) in [6, 6.07) is 12.8. The monoisotopic (exact) mass is 474 g/mol. The van der Waals surface area contributed by atoms with E-state index in [-0.39, 0.29) is 40.1 Å². The summed E-state index contributed by atoms with van der Waals surface area (Å²) in [7, 11) is 4.33. The van der Waals surface area contributed by atoms with E-state index in [0.717, 1.165) is 0 Å². The fourth-order valence-corrected chi connectivity index (χ4v) is 4.34. The average molecular weight is 474 g/mol. The van der Waals surface area contributed by atoms with Crippen molar-refractivity contribution in [1.29, 1.82) is 0 Å². The molecule has 0 aliphatic rings. The number of ether oxygens (including phenoxy) is 3. The Bertz CT molecular complexity index is 1670. The van der Waals surface area contributed by atoms with Crippen LogP contribution >= 0.6 is 0 Å². The molecular formula is C26H22N2O7. The zero-order chi connectivity index (χ0) is 24.9. The molecule has 9 heteroatoms. The lowest BCUT2D eigenvalue weighted by Gasteiger charge is -2.15. The fourth-order valence-electron chi connectivity index (χ4n) is 4.34. The maximum Gasteiger partial charge on any atom is 0.272 e. The second kappa shape index (κ2) is 8.21. The number of aromatic nitrogens is 2. The van der Waals surface area contributed by atoms with E-state index in [4.69, 9.17) is 14.2 Å². The predicted molar refractivity (Wildman–Crippen MR) is 132 cm³/mol. The molecule has 0 amide bonds. The summed E-state index contributed by atoms with van der Waals surface area (Å²) in [6.07, 6.45) is 0. The first-order valence-electron chi connectivity index (χ1n) is 10.6. The van der Waals surface area contributed by atoms with Crippen LogP contribution in [0.5, 0.6) is 34.5 Å². The molecular weight excluding hydrogens is 452 g/mol. The van der Waals surface area contributed by atoms with Crippen molar-refractivity contribution in [3.63, 3.8) is 0 Å². The molecule has 5 aromatic rings. The molecule has 0 atom stereocenters. The van der Waals surface area contributed by atoms with Gasteiger partial charge in [0.25, 0.3) is 5.56 Å². The second-order valence-electron chi connectivity index (χ2n) is 7.92. The van der Waals surface area contributed by atoms with Crippen molar-refractivity contribution in [2.24, 2.45) is 0 Å². The molecule has 2 heterocycles. The summed E-state index contributed by atoms with van der Waals surface area (Å²) in [5, 5.41) is 31.9. The number of aromatic hydroxyl groups is 3. The highest BCUT2D eigenvalue weighted by Crippen LogP contribution is 2.44. The molecule has 0 radical (unpaired) electrons. The van der Waals surface area contributed by atoms with E-state index in [1.54, 1.807) is 30.3 Å². The Balaban J connectivity index is 1.97. The Morgan fingerprint density at radius 2 is 1.26 bits per heavy atom. The molecule has 2 aromatic heterocycles. The van der Waals surface area contributed by atoms with Gasteiger partial charge in [0.05, 0.1) is 32.5 Å². The van der Waals surface area contributed by atoms with Gasteiger partial charge < -0.3 is 39.5 Å². The third-order valence-corrected chi connectivity index (χ3v) is 6.00. The van der Waals surface area contributed by atoms with Crippen LogP contribution in [-0.2, 0) is 0 Å². The molecule has 35 heavy (non-hydrogen) atoms. The van der Waals surface area contributed by atoms with Crippen molar-refractivity contribution in [3.05, 3.63) is 58.9 Å². The van der Waals surface area contributed by atoms with E-state index in [1.165, 1.54) is 39.5 Å². The van der Waals surface area contributed by atoms with E-state index >= 15 is 0 Å². The quantitative estimate of drug-likeness (QED) is 0.253. The van der Waals surface area contributed by atoms with Gasteiger partial charge in [0.1, 0.15) is 5.52 Å². The number of phenols is 3. The zero-order valence-electron chi connectivity index (χ0n) is 19.1. The smallest absolute Gasteiger partial charge is 0.272 e. The van der Waals surface area contributed by atoms with Gasteiger partial charge in [0.15, 0.2) is 34.5 Å². The van der Waals surface area contributed by atoms with E-state index in [0.29, 0.717) is 44.2 Å². The van der Waals surface area contributed by atoms with E-state index in [1.807, 2.05) is 0 Å². The van der Waals surface area contributed by atoms with Crippen LogP contribution in [0.15, 0.2) is 53.3 Å². The normalized spacial score (nSPS) is 11.2. The summed E-state index contributed by atoms with van der Waals surface area (Å²) in [4.78, 5) is 19.3. The zero-order valence-corrected chi connectivity index (χ0v) is 19.1. The van der Waals surface area contributed by atoms with Gasteiger partial charge in [-0.15, -0.1) is 0 Å². The maximum absolute atomic E-state index is 13.2. The fraction of sp³-hybridized carbons (Fsp3) is 0.115. The topological polar surface area (TPSA) is 137 Å². The van der Waals surface area contributed by atoms with Crippen molar-refractivity contribution >= 4 is 21.8 Å². The number of H-pyrrole nitrogens is 2. The van der Waals surface area contributed by atoms with Crippen LogP contribution in [0.2, 0.25) is 0 Å². The number of aromatic amines is 2. The first-order chi connectivity index (χ1) is 16.9. The minimum absolute atomic E-state index is 0.0360. The summed E-state index contributed by atoms with van der Waals surface area (Å²) in [5.41, 5.74) is 2.78. The van der Waals surface area contributed by atoms with Gasteiger partial charge in [-0.05, 0) is 42.0 Å². The Labute approximate surface area is 198 Å². The first-order valence-corrected chi connectivity index (χ1v) is 10.6. The number of rotatable bonds is 5. The summed E-state index contributed by atoms with van der Waals surface area (Å²) in [6.45, 7) is 0. The molecule has 5 rings (SSSR count). The first kappa shape index (κ1) is 22.0. The number of hydrogen-bond acceptors (Lipinski definition) is 7. The minimum Gasteiger partial charge on any atom is -0.504 e.